The van der Waals surface area contributed by atoms with Crippen LogP contribution in [-0.4, -0.2) is 54.6 Å². The number of rotatable bonds is 5. The SMILES string of the molecule is CCOC(=O)N1CCC(NC(=O)[C@H](C)NC(=O)c2ccccc2)CC1. The number of hydrogen-bond acceptors (Lipinski definition) is 4. The van der Waals surface area contributed by atoms with E-state index in [1.54, 1.807) is 43.0 Å². The summed E-state index contributed by atoms with van der Waals surface area (Å²) in [5.41, 5.74) is 0.518. The van der Waals surface area contributed by atoms with E-state index in [2.05, 4.69) is 10.6 Å². The van der Waals surface area contributed by atoms with Crippen molar-refractivity contribution in [3.8, 4) is 0 Å². The van der Waals surface area contributed by atoms with E-state index in [0.29, 0.717) is 38.1 Å². The van der Waals surface area contributed by atoms with Crippen LogP contribution in [0.1, 0.15) is 37.0 Å². The summed E-state index contributed by atoms with van der Waals surface area (Å²) in [6.07, 6.45) is 1.03. The van der Waals surface area contributed by atoms with Crippen LogP contribution in [-0.2, 0) is 9.53 Å². The van der Waals surface area contributed by atoms with Crippen molar-refractivity contribution in [3.63, 3.8) is 0 Å². The maximum atomic E-state index is 12.3. The van der Waals surface area contributed by atoms with E-state index >= 15 is 0 Å². The zero-order chi connectivity index (χ0) is 18.2. The molecule has 0 saturated carbocycles. The minimum absolute atomic E-state index is 0.00532. The van der Waals surface area contributed by atoms with Crippen LogP contribution in [0.2, 0.25) is 0 Å². The number of benzene rings is 1. The number of likely N-dealkylation sites (tertiary alicyclic amines) is 1. The van der Waals surface area contributed by atoms with Gasteiger partial charge in [0.15, 0.2) is 0 Å². The van der Waals surface area contributed by atoms with Gasteiger partial charge in [0, 0.05) is 24.7 Å². The molecule has 0 radical (unpaired) electrons. The van der Waals surface area contributed by atoms with Crippen molar-refractivity contribution in [3.05, 3.63) is 35.9 Å². The predicted molar refractivity (Wildman–Crippen MR) is 93.1 cm³/mol. The summed E-state index contributed by atoms with van der Waals surface area (Å²) in [5, 5.41) is 5.63. The van der Waals surface area contributed by atoms with E-state index in [9.17, 15) is 14.4 Å². The molecule has 0 spiro atoms. The summed E-state index contributed by atoms with van der Waals surface area (Å²) >= 11 is 0. The highest BCUT2D eigenvalue weighted by Crippen LogP contribution is 2.11. The second-order valence-corrected chi connectivity index (χ2v) is 6.03. The topological polar surface area (TPSA) is 87.7 Å². The van der Waals surface area contributed by atoms with Crippen molar-refractivity contribution in [2.45, 2.75) is 38.8 Å². The molecule has 1 aliphatic rings. The molecule has 0 unspecified atom stereocenters. The molecule has 7 heteroatoms. The maximum Gasteiger partial charge on any atom is 0.409 e. The summed E-state index contributed by atoms with van der Waals surface area (Å²) in [5.74, 6) is -0.501. The Morgan fingerprint density at radius 1 is 1.20 bits per heavy atom. The van der Waals surface area contributed by atoms with E-state index in [0.717, 1.165) is 0 Å². The molecule has 1 aromatic rings. The fraction of sp³-hybridized carbons (Fsp3) is 0.500. The number of carbonyl (C=O) groups excluding carboxylic acids is 3. The molecule has 136 valence electrons. The first-order valence-electron chi connectivity index (χ1n) is 8.59. The van der Waals surface area contributed by atoms with Crippen LogP contribution in [0.5, 0.6) is 0 Å². The number of hydrogen-bond donors (Lipinski definition) is 2. The molecule has 3 amide bonds. The number of nitrogens with one attached hydrogen (secondary N) is 2. The second kappa shape index (κ2) is 9.05. The highest BCUT2D eigenvalue weighted by atomic mass is 16.6. The van der Waals surface area contributed by atoms with Crippen molar-refractivity contribution in [2.75, 3.05) is 19.7 Å². The Balaban J connectivity index is 1.76. The van der Waals surface area contributed by atoms with Gasteiger partial charge in [-0.15, -0.1) is 0 Å². The Labute approximate surface area is 147 Å². The summed E-state index contributed by atoms with van der Waals surface area (Å²) in [4.78, 5) is 37.7. The van der Waals surface area contributed by atoms with Crippen molar-refractivity contribution in [2.24, 2.45) is 0 Å². The van der Waals surface area contributed by atoms with Crippen LogP contribution in [0.25, 0.3) is 0 Å². The highest BCUT2D eigenvalue weighted by Gasteiger charge is 2.26. The molecule has 1 fully saturated rings. The summed E-state index contributed by atoms with van der Waals surface area (Å²) in [6, 6.07) is 8.14. The Kier molecular flexibility index (Phi) is 6.80. The number of ether oxygens (including phenoxy) is 1. The fourth-order valence-electron chi connectivity index (χ4n) is 2.68. The van der Waals surface area contributed by atoms with E-state index in [-0.39, 0.29) is 23.9 Å². The highest BCUT2D eigenvalue weighted by molar-refractivity contribution is 5.97. The van der Waals surface area contributed by atoms with Gasteiger partial charge in [0.25, 0.3) is 5.91 Å². The molecule has 2 N–H and O–H groups in total. The molecule has 1 atom stereocenters. The summed E-state index contributed by atoms with van der Waals surface area (Å²) < 4.78 is 4.97. The Bertz CT molecular complexity index is 598. The molecule has 2 rings (SSSR count). The van der Waals surface area contributed by atoms with Gasteiger partial charge >= 0.3 is 6.09 Å². The van der Waals surface area contributed by atoms with Gasteiger partial charge in [-0.3, -0.25) is 9.59 Å². The van der Waals surface area contributed by atoms with Crippen LogP contribution >= 0.6 is 0 Å². The first kappa shape index (κ1) is 18.8. The minimum Gasteiger partial charge on any atom is -0.450 e. The van der Waals surface area contributed by atoms with Gasteiger partial charge < -0.3 is 20.3 Å². The van der Waals surface area contributed by atoms with Gasteiger partial charge in [0.2, 0.25) is 5.91 Å². The van der Waals surface area contributed by atoms with E-state index in [1.807, 2.05) is 6.07 Å². The van der Waals surface area contributed by atoms with Gasteiger partial charge in [0.1, 0.15) is 6.04 Å². The molecular weight excluding hydrogens is 322 g/mol. The zero-order valence-corrected chi connectivity index (χ0v) is 14.7. The third-order valence-electron chi connectivity index (χ3n) is 4.14. The molecule has 1 aromatic carbocycles. The predicted octanol–water partition coefficient (Wildman–Crippen LogP) is 1.54. The number of piperidine rings is 1. The average molecular weight is 347 g/mol. The van der Waals surface area contributed by atoms with Crippen LogP contribution < -0.4 is 10.6 Å². The normalized spacial score (nSPS) is 16.0. The Hall–Kier alpha value is -2.57. The Morgan fingerprint density at radius 2 is 1.84 bits per heavy atom. The minimum atomic E-state index is -0.629. The van der Waals surface area contributed by atoms with Crippen molar-refractivity contribution in [1.82, 2.24) is 15.5 Å². The van der Waals surface area contributed by atoms with E-state index in [1.165, 1.54) is 0 Å². The lowest BCUT2D eigenvalue weighted by Crippen LogP contribution is -2.51. The lowest BCUT2D eigenvalue weighted by atomic mass is 10.0. The third kappa shape index (κ3) is 5.48. The van der Waals surface area contributed by atoms with Crippen molar-refractivity contribution in [1.29, 1.82) is 0 Å². The summed E-state index contributed by atoms with van der Waals surface area (Å²) in [7, 11) is 0. The lowest BCUT2D eigenvalue weighted by Gasteiger charge is -2.32. The smallest absolute Gasteiger partial charge is 0.409 e. The first-order valence-corrected chi connectivity index (χ1v) is 8.59. The average Bonchev–Trinajstić information content (AvgIpc) is 2.63. The Morgan fingerprint density at radius 3 is 2.44 bits per heavy atom. The van der Waals surface area contributed by atoms with Gasteiger partial charge in [-0.2, -0.15) is 0 Å². The molecule has 0 aliphatic carbocycles. The third-order valence-corrected chi connectivity index (χ3v) is 4.14. The fourth-order valence-corrected chi connectivity index (χ4v) is 2.68. The van der Waals surface area contributed by atoms with Crippen LogP contribution in [0.3, 0.4) is 0 Å². The van der Waals surface area contributed by atoms with E-state index in [4.69, 9.17) is 4.74 Å². The quantitative estimate of drug-likeness (QED) is 0.846. The zero-order valence-electron chi connectivity index (χ0n) is 14.7. The molecule has 25 heavy (non-hydrogen) atoms. The standard InChI is InChI=1S/C18H25N3O4/c1-3-25-18(24)21-11-9-15(10-12-21)20-16(22)13(2)19-17(23)14-7-5-4-6-8-14/h4-8,13,15H,3,9-12H2,1-2H3,(H,19,23)(H,20,22)/t13-/m0/s1. The van der Waals surface area contributed by atoms with Crippen LogP contribution in [0.15, 0.2) is 30.3 Å². The molecule has 0 bridgehead atoms. The second-order valence-electron chi connectivity index (χ2n) is 6.03. The number of carbonyl (C=O) groups is 3. The maximum absolute atomic E-state index is 12.3. The van der Waals surface area contributed by atoms with Crippen LogP contribution in [0.4, 0.5) is 4.79 Å². The molecule has 0 aromatic heterocycles. The van der Waals surface area contributed by atoms with Gasteiger partial charge in [-0.1, -0.05) is 18.2 Å². The van der Waals surface area contributed by atoms with Crippen molar-refractivity contribution < 1.29 is 19.1 Å². The number of nitrogens with zero attached hydrogens (tertiary/aromatic N) is 1. The van der Waals surface area contributed by atoms with E-state index < -0.39 is 6.04 Å². The molecule has 1 saturated heterocycles. The molecular formula is C18H25N3O4. The van der Waals surface area contributed by atoms with Crippen molar-refractivity contribution >= 4 is 17.9 Å². The summed E-state index contributed by atoms with van der Waals surface area (Å²) in [6.45, 7) is 4.89. The van der Waals surface area contributed by atoms with Gasteiger partial charge in [0.05, 0.1) is 6.61 Å². The first-order chi connectivity index (χ1) is 12.0. The van der Waals surface area contributed by atoms with Gasteiger partial charge in [-0.25, -0.2) is 4.79 Å². The number of amides is 3. The van der Waals surface area contributed by atoms with Crippen LogP contribution in [0, 0.1) is 0 Å². The largest absolute Gasteiger partial charge is 0.450 e. The lowest BCUT2D eigenvalue weighted by molar-refractivity contribution is -0.123. The van der Waals surface area contributed by atoms with Gasteiger partial charge in [-0.05, 0) is 38.8 Å². The monoisotopic (exact) mass is 347 g/mol. The molecule has 1 heterocycles. The molecule has 1 aliphatic heterocycles. The molecule has 7 nitrogen and oxygen atoms in total.